The highest BCUT2D eigenvalue weighted by Crippen LogP contribution is 2.28. The Morgan fingerprint density at radius 1 is 1.02 bits per heavy atom. The average Bonchev–Trinajstić information content (AvgIpc) is 3.46. The van der Waals surface area contributed by atoms with Crippen LogP contribution in [-0.2, 0) is 22.6 Å². The Kier molecular flexibility index (Phi) is 8.72. The van der Waals surface area contributed by atoms with Crippen LogP contribution in [0.25, 0.3) is 10.9 Å². The number of carbonyl (C=O) groups excluding carboxylic acids is 2. The normalized spacial score (nSPS) is 12.1. The number of carboxylic acid groups (broad SMARTS) is 1. The van der Waals surface area contributed by atoms with Crippen molar-refractivity contribution in [2.24, 2.45) is 0 Å². The summed E-state index contributed by atoms with van der Waals surface area (Å²) in [6.07, 6.45) is 6.75. The quantitative estimate of drug-likeness (QED) is 0.239. The zero-order chi connectivity index (χ0) is 29.0. The summed E-state index contributed by atoms with van der Waals surface area (Å²) in [6, 6.07) is 10.9. The Morgan fingerprint density at radius 3 is 2.48 bits per heavy atom. The third-order valence-corrected chi connectivity index (χ3v) is 6.89. The fraction of sp³-hybridized carbons (Fsp3) is 0.355. The Labute approximate surface area is 234 Å². The summed E-state index contributed by atoms with van der Waals surface area (Å²) in [5.41, 5.74) is 6.01. The predicted molar refractivity (Wildman–Crippen MR) is 156 cm³/mol. The number of amides is 2. The highest BCUT2D eigenvalue weighted by Gasteiger charge is 2.20. The van der Waals surface area contributed by atoms with Crippen molar-refractivity contribution >= 4 is 34.4 Å². The second kappa shape index (κ2) is 12.2. The van der Waals surface area contributed by atoms with Crippen molar-refractivity contribution in [1.82, 2.24) is 19.7 Å². The van der Waals surface area contributed by atoms with E-state index in [2.05, 4.69) is 15.7 Å². The molecule has 2 aromatic carbocycles. The van der Waals surface area contributed by atoms with Gasteiger partial charge < -0.3 is 20.3 Å². The van der Waals surface area contributed by atoms with Gasteiger partial charge in [0.05, 0.1) is 12.7 Å². The summed E-state index contributed by atoms with van der Waals surface area (Å²) in [5, 5.41) is 20.4. The van der Waals surface area contributed by atoms with Crippen LogP contribution in [0.2, 0.25) is 0 Å². The number of carboxylic acids is 1. The van der Waals surface area contributed by atoms with Crippen molar-refractivity contribution < 1.29 is 19.5 Å². The molecule has 3 N–H and O–H groups in total. The number of fused-ring (bicyclic) bond motifs is 1. The zero-order valence-electron chi connectivity index (χ0n) is 23.7. The number of hydrogen-bond acceptors (Lipinski definition) is 4. The molecular weight excluding hydrogens is 506 g/mol. The molecule has 0 aliphatic heterocycles. The van der Waals surface area contributed by atoms with Crippen LogP contribution in [0.4, 0.5) is 5.69 Å². The lowest BCUT2D eigenvalue weighted by Gasteiger charge is -2.18. The van der Waals surface area contributed by atoms with E-state index in [1.807, 2.05) is 86.6 Å². The number of aryl methyl sites for hydroxylation is 3. The highest BCUT2D eigenvalue weighted by molar-refractivity contribution is 6.00. The largest absolute Gasteiger partial charge is 0.481 e. The number of carbonyl (C=O) groups is 3. The van der Waals surface area contributed by atoms with Crippen molar-refractivity contribution in [3.63, 3.8) is 0 Å². The van der Waals surface area contributed by atoms with Gasteiger partial charge in [0.15, 0.2) is 0 Å². The van der Waals surface area contributed by atoms with E-state index in [0.29, 0.717) is 30.6 Å². The van der Waals surface area contributed by atoms with Crippen LogP contribution < -0.4 is 10.6 Å². The molecule has 0 spiro atoms. The Balaban J connectivity index is 1.59. The lowest BCUT2D eigenvalue weighted by molar-refractivity contribution is -0.137. The van der Waals surface area contributed by atoms with Crippen molar-refractivity contribution in [1.29, 1.82) is 0 Å². The van der Waals surface area contributed by atoms with Gasteiger partial charge >= 0.3 is 5.97 Å². The fourth-order valence-electron chi connectivity index (χ4n) is 4.82. The van der Waals surface area contributed by atoms with E-state index in [4.69, 9.17) is 5.11 Å². The van der Waals surface area contributed by atoms with Gasteiger partial charge in [0.1, 0.15) is 6.04 Å². The van der Waals surface area contributed by atoms with Gasteiger partial charge in [-0.3, -0.25) is 19.1 Å². The van der Waals surface area contributed by atoms with Crippen molar-refractivity contribution in [2.45, 2.75) is 72.5 Å². The molecule has 210 valence electrons. The summed E-state index contributed by atoms with van der Waals surface area (Å²) in [6.45, 7) is 10.2. The van der Waals surface area contributed by atoms with Gasteiger partial charge in [-0.2, -0.15) is 5.10 Å². The number of hydrogen-bond donors (Lipinski definition) is 3. The molecule has 0 bridgehead atoms. The third kappa shape index (κ3) is 6.77. The SMILES string of the molecule is Cc1cnn(Cc2ccc(CCCC(=O)O)c(NC(=O)[C@@H](C)n3cc(C)c4cc(C(=O)NC(C)C)ccc43)c2)c1. The maximum atomic E-state index is 13.6. The number of nitrogens with zero attached hydrogens (tertiary/aromatic N) is 3. The monoisotopic (exact) mass is 543 g/mol. The smallest absolute Gasteiger partial charge is 0.303 e. The second-order valence-electron chi connectivity index (χ2n) is 10.7. The molecule has 9 heteroatoms. The molecule has 0 unspecified atom stereocenters. The third-order valence-electron chi connectivity index (χ3n) is 6.89. The van der Waals surface area contributed by atoms with Crippen LogP contribution in [0.1, 0.15) is 72.3 Å². The van der Waals surface area contributed by atoms with Gasteiger partial charge in [0, 0.05) is 47.0 Å². The first-order valence-corrected chi connectivity index (χ1v) is 13.6. The summed E-state index contributed by atoms with van der Waals surface area (Å²) in [5.74, 6) is -1.16. The van der Waals surface area contributed by atoms with Crippen LogP contribution in [-0.4, -0.2) is 43.3 Å². The Bertz CT molecular complexity index is 1550. The summed E-state index contributed by atoms with van der Waals surface area (Å²) >= 11 is 0. The van der Waals surface area contributed by atoms with Gasteiger partial charge in [-0.1, -0.05) is 12.1 Å². The van der Waals surface area contributed by atoms with Gasteiger partial charge in [0.25, 0.3) is 5.91 Å². The fourth-order valence-corrected chi connectivity index (χ4v) is 4.82. The van der Waals surface area contributed by atoms with Gasteiger partial charge in [0.2, 0.25) is 5.91 Å². The lowest BCUT2D eigenvalue weighted by Crippen LogP contribution is -2.30. The number of anilines is 1. The molecule has 0 aliphatic rings. The molecule has 4 rings (SSSR count). The maximum absolute atomic E-state index is 13.6. The van der Waals surface area contributed by atoms with Crippen LogP contribution in [0.3, 0.4) is 0 Å². The van der Waals surface area contributed by atoms with Crippen LogP contribution in [0, 0.1) is 13.8 Å². The van der Waals surface area contributed by atoms with E-state index in [1.165, 1.54) is 0 Å². The minimum atomic E-state index is -0.843. The molecule has 2 aromatic heterocycles. The van der Waals surface area contributed by atoms with E-state index >= 15 is 0 Å². The van der Waals surface area contributed by atoms with E-state index in [9.17, 15) is 14.4 Å². The molecule has 40 heavy (non-hydrogen) atoms. The Morgan fingerprint density at radius 2 is 1.80 bits per heavy atom. The molecule has 0 saturated carbocycles. The number of rotatable bonds is 11. The lowest BCUT2D eigenvalue weighted by atomic mass is 10.0. The molecular formula is C31H37N5O4. The molecule has 2 amide bonds. The molecule has 1 atom stereocenters. The number of benzene rings is 2. The first-order valence-electron chi connectivity index (χ1n) is 13.6. The average molecular weight is 544 g/mol. The van der Waals surface area contributed by atoms with Gasteiger partial charge in [-0.25, -0.2) is 0 Å². The number of aliphatic carboxylic acids is 1. The summed E-state index contributed by atoms with van der Waals surface area (Å²) in [4.78, 5) is 37.2. The Hall–Kier alpha value is -4.40. The second-order valence-corrected chi connectivity index (χ2v) is 10.7. The van der Waals surface area contributed by atoms with Gasteiger partial charge in [-0.05, 0) is 94.0 Å². The molecule has 9 nitrogen and oxygen atoms in total. The molecule has 2 heterocycles. The van der Waals surface area contributed by atoms with Crippen LogP contribution in [0.5, 0.6) is 0 Å². The minimum absolute atomic E-state index is 0.0359. The number of aromatic nitrogens is 3. The molecule has 0 fully saturated rings. The van der Waals surface area contributed by atoms with Crippen molar-refractivity contribution in [3.05, 3.63) is 82.8 Å². The van der Waals surface area contributed by atoms with E-state index < -0.39 is 12.0 Å². The topological polar surface area (TPSA) is 118 Å². The molecule has 4 aromatic rings. The minimum Gasteiger partial charge on any atom is -0.481 e. The standard InChI is InChI=1S/C31H37N5O4/c1-19(2)33-31(40)25-11-12-28-26(14-25)21(4)17-36(28)22(5)30(39)34-27-13-23(18-35-16-20(3)15-32-35)9-10-24(27)7-6-8-29(37)38/h9-17,19,22H,6-8,18H2,1-5H3,(H,33,40)(H,34,39)(H,37,38)/t22-/m1/s1. The van der Waals surface area contributed by atoms with E-state index in [-0.39, 0.29) is 24.3 Å². The first kappa shape index (κ1) is 28.6. The van der Waals surface area contributed by atoms with E-state index in [1.54, 1.807) is 12.3 Å². The molecule has 0 aliphatic carbocycles. The van der Waals surface area contributed by atoms with E-state index in [0.717, 1.165) is 33.2 Å². The summed E-state index contributed by atoms with van der Waals surface area (Å²) < 4.78 is 3.76. The van der Waals surface area contributed by atoms with Gasteiger partial charge in [-0.15, -0.1) is 0 Å². The maximum Gasteiger partial charge on any atom is 0.303 e. The number of nitrogens with one attached hydrogen (secondary N) is 2. The zero-order valence-corrected chi connectivity index (χ0v) is 23.7. The van der Waals surface area contributed by atoms with Crippen molar-refractivity contribution in [3.8, 4) is 0 Å². The van der Waals surface area contributed by atoms with Crippen LogP contribution in [0.15, 0.2) is 55.0 Å². The molecule has 0 saturated heterocycles. The predicted octanol–water partition coefficient (Wildman–Crippen LogP) is 5.25. The van der Waals surface area contributed by atoms with Crippen molar-refractivity contribution in [2.75, 3.05) is 5.32 Å². The van der Waals surface area contributed by atoms with Crippen LogP contribution >= 0.6 is 0 Å². The highest BCUT2D eigenvalue weighted by atomic mass is 16.4. The first-order chi connectivity index (χ1) is 19.0. The summed E-state index contributed by atoms with van der Waals surface area (Å²) in [7, 11) is 0. The molecule has 0 radical (unpaired) electrons.